The smallest absolute Gasteiger partial charge is 0.277 e. The average molecular weight is 340 g/mol. The van der Waals surface area contributed by atoms with E-state index in [1.807, 2.05) is 0 Å². The van der Waals surface area contributed by atoms with Gasteiger partial charge in [0.2, 0.25) is 0 Å². The summed E-state index contributed by atoms with van der Waals surface area (Å²) in [4.78, 5) is 27.4. The summed E-state index contributed by atoms with van der Waals surface area (Å²) in [6.45, 7) is 0. The van der Waals surface area contributed by atoms with Gasteiger partial charge in [-0.25, -0.2) is 14.1 Å². The molecule has 2 aromatic heterocycles. The lowest BCUT2D eigenvalue weighted by Gasteiger charge is -2.07. The number of halogens is 1. The van der Waals surface area contributed by atoms with Crippen molar-refractivity contribution in [1.82, 2.24) is 14.8 Å². The molecule has 0 unspecified atom stereocenters. The molecule has 0 aliphatic rings. The number of rotatable bonds is 4. The van der Waals surface area contributed by atoms with Crippen LogP contribution in [0.1, 0.15) is 10.5 Å². The molecule has 3 rings (SSSR count). The molecule has 3 aromatic rings. The van der Waals surface area contributed by atoms with Crippen LogP contribution >= 0.6 is 0 Å². The third-order valence-corrected chi connectivity index (χ3v) is 3.20. The van der Waals surface area contributed by atoms with Gasteiger partial charge in [0.25, 0.3) is 11.5 Å². The highest BCUT2D eigenvalue weighted by molar-refractivity contribution is 6.02. The molecule has 1 aromatic carbocycles. The van der Waals surface area contributed by atoms with Gasteiger partial charge in [-0.15, -0.1) is 0 Å². The van der Waals surface area contributed by atoms with Crippen molar-refractivity contribution in [2.24, 2.45) is 7.05 Å². The van der Waals surface area contributed by atoms with Gasteiger partial charge in [-0.1, -0.05) is 6.07 Å². The highest BCUT2D eigenvalue weighted by atomic mass is 19.1. The van der Waals surface area contributed by atoms with Crippen molar-refractivity contribution in [3.8, 4) is 11.5 Å². The van der Waals surface area contributed by atoms with Crippen molar-refractivity contribution in [3.05, 3.63) is 76.6 Å². The lowest BCUT2D eigenvalue weighted by Crippen LogP contribution is -2.23. The zero-order valence-electron chi connectivity index (χ0n) is 13.1. The summed E-state index contributed by atoms with van der Waals surface area (Å²) in [7, 11) is 1.45. The lowest BCUT2D eigenvalue weighted by molar-refractivity contribution is 0.101. The molecular formula is C17H13FN4O3. The molecule has 0 aliphatic carbocycles. The number of amides is 1. The Balaban J connectivity index is 1.68. The van der Waals surface area contributed by atoms with E-state index >= 15 is 0 Å². The summed E-state index contributed by atoms with van der Waals surface area (Å²) in [5.41, 5.74) is -0.225. The van der Waals surface area contributed by atoms with E-state index < -0.39 is 11.7 Å². The first-order valence-electron chi connectivity index (χ1n) is 7.26. The van der Waals surface area contributed by atoms with Gasteiger partial charge in [0.15, 0.2) is 0 Å². The maximum absolute atomic E-state index is 13.1. The quantitative estimate of drug-likeness (QED) is 0.788. The Hall–Kier alpha value is -3.55. The third kappa shape index (κ3) is 4.05. The maximum Gasteiger partial charge on any atom is 0.277 e. The molecule has 1 amide bonds. The second-order valence-corrected chi connectivity index (χ2v) is 5.07. The number of pyridine rings is 1. The van der Waals surface area contributed by atoms with E-state index in [-0.39, 0.29) is 17.1 Å². The number of anilines is 1. The van der Waals surface area contributed by atoms with Crippen LogP contribution in [0, 0.1) is 5.82 Å². The minimum Gasteiger partial charge on any atom is -0.456 e. The van der Waals surface area contributed by atoms with Crippen molar-refractivity contribution in [2.75, 3.05) is 5.32 Å². The van der Waals surface area contributed by atoms with Crippen LogP contribution in [0.25, 0.3) is 0 Å². The van der Waals surface area contributed by atoms with Gasteiger partial charge in [0, 0.05) is 19.2 Å². The molecule has 25 heavy (non-hydrogen) atoms. The highest BCUT2D eigenvalue weighted by Gasteiger charge is 2.10. The zero-order chi connectivity index (χ0) is 17.8. The summed E-state index contributed by atoms with van der Waals surface area (Å²) < 4.78 is 19.7. The molecule has 7 nitrogen and oxygen atoms in total. The van der Waals surface area contributed by atoms with E-state index in [4.69, 9.17) is 4.74 Å². The van der Waals surface area contributed by atoms with Gasteiger partial charge in [0.1, 0.15) is 28.8 Å². The summed E-state index contributed by atoms with van der Waals surface area (Å²) in [6, 6.07) is 11.4. The predicted molar refractivity (Wildman–Crippen MR) is 88.1 cm³/mol. The first-order valence-corrected chi connectivity index (χ1v) is 7.26. The molecule has 0 bridgehead atoms. The third-order valence-electron chi connectivity index (χ3n) is 3.20. The Kier molecular flexibility index (Phi) is 4.51. The molecule has 8 heteroatoms. The molecule has 0 atom stereocenters. The van der Waals surface area contributed by atoms with Crippen molar-refractivity contribution < 1.29 is 13.9 Å². The molecule has 126 valence electrons. The second-order valence-electron chi connectivity index (χ2n) is 5.07. The number of carbonyl (C=O) groups excluding carboxylic acids is 1. The Morgan fingerprint density at radius 2 is 2.00 bits per heavy atom. The normalized spacial score (nSPS) is 10.3. The molecule has 0 radical (unpaired) electrons. The number of nitrogens with one attached hydrogen (secondary N) is 1. The molecule has 0 saturated carbocycles. The van der Waals surface area contributed by atoms with Gasteiger partial charge in [-0.05, 0) is 30.3 Å². The number of benzene rings is 1. The van der Waals surface area contributed by atoms with Gasteiger partial charge >= 0.3 is 0 Å². The monoisotopic (exact) mass is 340 g/mol. The first-order chi connectivity index (χ1) is 12.0. The highest BCUT2D eigenvalue weighted by Crippen LogP contribution is 2.22. The molecule has 1 N–H and O–H groups in total. The minimum atomic E-state index is -0.498. The van der Waals surface area contributed by atoms with E-state index in [9.17, 15) is 14.0 Å². The zero-order valence-corrected chi connectivity index (χ0v) is 13.1. The van der Waals surface area contributed by atoms with Gasteiger partial charge in [-0.3, -0.25) is 9.59 Å². The van der Waals surface area contributed by atoms with Crippen molar-refractivity contribution in [1.29, 1.82) is 0 Å². The average Bonchev–Trinajstić information content (AvgIpc) is 2.59. The number of aromatic nitrogens is 3. The standard InChI is InChI=1S/C17H13FN4O3/c1-22-16(23)8-6-14(21-22)17(24)20-15-7-5-13(10-19-15)25-12-4-2-3-11(18)9-12/h2-10H,1H3,(H,19,20,24). The minimum absolute atomic E-state index is 0.0870. The van der Waals surface area contributed by atoms with Crippen molar-refractivity contribution in [3.63, 3.8) is 0 Å². The molecule has 0 aliphatic heterocycles. The fourth-order valence-corrected chi connectivity index (χ4v) is 1.98. The SMILES string of the molecule is Cn1nc(C(=O)Nc2ccc(Oc3cccc(F)c3)cn2)ccc1=O. The summed E-state index contributed by atoms with van der Waals surface area (Å²) in [5.74, 6) is 0.116. The van der Waals surface area contributed by atoms with Crippen LogP contribution in [-0.4, -0.2) is 20.7 Å². The van der Waals surface area contributed by atoms with Crippen LogP contribution in [0.15, 0.2) is 59.5 Å². The Bertz CT molecular complexity index is 970. The van der Waals surface area contributed by atoms with Gasteiger partial charge < -0.3 is 10.1 Å². The number of nitrogens with zero attached hydrogens (tertiary/aromatic N) is 3. The number of hydrogen-bond donors (Lipinski definition) is 1. The molecular weight excluding hydrogens is 327 g/mol. The van der Waals surface area contributed by atoms with Crippen molar-refractivity contribution >= 4 is 11.7 Å². The van der Waals surface area contributed by atoms with Crippen LogP contribution in [0.2, 0.25) is 0 Å². The Morgan fingerprint density at radius 1 is 1.16 bits per heavy atom. The summed E-state index contributed by atoms with van der Waals surface area (Å²) >= 11 is 0. The topological polar surface area (TPSA) is 86.1 Å². The van der Waals surface area contributed by atoms with Crippen LogP contribution < -0.4 is 15.6 Å². The summed E-state index contributed by atoms with van der Waals surface area (Å²) in [6.07, 6.45) is 1.40. The van der Waals surface area contributed by atoms with Crippen LogP contribution in [0.4, 0.5) is 10.2 Å². The number of hydrogen-bond acceptors (Lipinski definition) is 5. The number of carbonyl (C=O) groups is 1. The second kappa shape index (κ2) is 6.91. The van der Waals surface area contributed by atoms with Crippen LogP contribution in [0.3, 0.4) is 0 Å². The molecule has 0 fully saturated rings. The Morgan fingerprint density at radius 3 is 2.68 bits per heavy atom. The van der Waals surface area contributed by atoms with E-state index in [1.165, 1.54) is 49.6 Å². The van der Waals surface area contributed by atoms with E-state index in [2.05, 4.69) is 15.4 Å². The number of aryl methyl sites for hydroxylation is 1. The van der Waals surface area contributed by atoms with Crippen LogP contribution in [-0.2, 0) is 7.05 Å². The van der Waals surface area contributed by atoms with Crippen LogP contribution in [0.5, 0.6) is 11.5 Å². The van der Waals surface area contributed by atoms with E-state index in [0.29, 0.717) is 11.5 Å². The number of ether oxygens (including phenoxy) is 1. The van der Waals surface area contributed by atoms with Crippen molar-refractivity contribution in [2.45, 2.75) is 0 Å². The fraction of sp³-hybridized carbons (Fsp3) is 0.0588. The van der Waals surface area contributed by atoms with Gasteiger partial charge in [0.05, 0.1) is 6.20 Å². The Labute approximate surface area is 141 Å². The maximum atomic E-state index is 13.1. The molecule has 2 heterocycles. The first kappa shape index (κ1) is 16.3. The molecule has 0 spiro atoms. The van der Waals surface area contributed by atoms with Gasteiger partial charge in [-0.2, -0.15) is 5.10 Å². The predicted octanol–water partition coefficient (Wildman–Crippen LogP) is 2.36. The van der Waals surface area contributed by atoms with E-state index in [1.54, 1.807) is 12.1 Å². The summed E-state index contributed by atoms with van der Waals surface area (Å²) in [5, 5.41) is 6.42. The van der Waals surface area contributed by atoms with E-state index in [0.717, 1.165) is 4.68 Å². The fourth-order valence-electron chi connectivity index (χ4n) is 1.98. The molecule has 0 saturated heterocycles. The largest absolute Gasteiger partial charge is 0.456 e. The lowest BCUT2D eigenvalue weighted by atomic mass is 10.3.